The van der Waals surface area contributed by atoms with Crippen LogP contribution >= 0.6 is 0 Å². The first-order valence-electron chi connectivity index (χ1n) is 11.3. The van der Waals surface area contributed by atoms with Crippen LogP contribution in [0.5, 0.6) is 5.75 Å². The Morgan fingerprint density at radius 2 is 1.30 bits per heavy atom. The number of benzene rings is 1. The maximum Gasteiger partial charge on any atom is 0.119 e. The van der Waals surface area contributed by atoms with E-state index in [4.69, 9.17) is 4.74 Å². The fraction of sp³-hybridized carbons (Fsp3) is 0.750. The van der Waals surface area contributed by atoms with Crippen molar-refractivity contribution < 1.29 is 4.74 Å². The summed E-state index contributed by atoms with van der Waals surface area (Å²) in [5.41, 5.74) is 1.47. The van der Waals surface area contributed by atoms with Gasteiger partial charge in [0, 0.05) is 6.54 Å². The Bertz CT molecular complexity index is 466. The molecule has 1 rings (SSSR count). The highest BCUT2D eigenvalue weighted by atomic mass is 16.5. The van der Waals surface area contributed by atoms with E-state index in [0.717, 1.165) is 51.0 Å². The third-order valence-corrected chi connectivity index (χ3v) is 6.12. The van der Waals surface area contributed by atoms with Crippen LogP contribution in [0.3, 0.4) is 0 Å². The van der Waals surface area contributed by atoms with Crippen LogP contribution in [0.25, 0.3) is 0 Å². The summed E-state index contributed by atoms with van der Waals surface area (Å²) in [5.74, 6) is 2.40. The summed E-state index contributed by atoms with van der Waals surface area (Å²) in [5, 5.41) is 0. The van der Waals surface area contributed by atoms with Crippen LogP contribution in [0.2, 0.25) is 0 Å². The molecule has 0 aliphatic rings. The Morgan fingerprint density at radius 1 is 0.741 bits per heavy atom. The smallest absolute Gasteiger partial charge is 0.119 e. The summed E-state index contributed by atoms with van der Waals surface area (Å²) in [6, 6.07) is 8.91. The van der Waals surface area contributed by atoms with Gasteiger partial charge in [-0.1, -0.05) is 60.1 Å². The molecule has 2 unspecified atom stereocenters. The molecule has 0 amide bonds. The Hall–Kier alpha value is -1.06. The standard InChI is InChI=1S/C24H44N2O/c1-7-21(17-18-25(9-3)10-4)24(8-2)22-13-15-23(16-14-22)27-20-19-26(11-5)12-6/h13-16,21,24H,7-12,17-20H2,1-6H3. The second-order valence-electron chi connectivity index (χ2n) is 7.44. The van der Waals surface area contributed by atoms with Gasteiger partial charge in [0.25, 0.3) is 0 Å². The summed E-state index contributed by atoms with van der Waals surface area (Å²) < 4.78 is 5.96. The van der Waals surface area contributed by atoms with Gasteiger partial charge < -0.3 is 14.5 Å². The van der Waals surface area contributed by atoms with E-state index in [0.29, 0.717) is 5.92 Å². The highest BCUT2D eigenvalue weighted by molar-refractivity contribution is 5.30. The Morgan fingerprint density at radius 3 is 1.78 bits per heavy atom. The first-order valence-corrected chi connectivity index (χ1v) is 11.3. The van der Waals surface area contributed by atoms with E-state index in [1.54, 1.807) is 0 Å². The SMILES string of the molecule is CCC(CCN(CC)CC)C(CC)c1ccc(OCCN(CC)CC)cc1. The van der Waals surface area contributed by atoms with Crippen LogP contribution in [-0.4, -0.2) is 55.7 Å². The van der Waals surface area contributed by atoms with Crippen molar-refractivity contribution in [1.29, 1.82) is 0 Å². The Labute approximate surface area is 169 Å². The van der Waals surface area contributed by atoms with Gasteiger partial charge in [-0.3, -0.25) is 0 Å². The summed E-state index contributed by atoms with van der Waals surface area (Å²) in [6.07, 6.45) is 3.75. The molecule has 156 valence electrons. The normalized spacial score (nSPS) is 13.9. The maximum atomic E-state index is 5.96. The van der Waals surface area contributed by atoms with Gasteiger partial charge >= 0.3 is 0 Å². The summed E-state index contributed by atoms with van der Waals surface area (Å²) in [4.78, 5) is 4.94. The molecule has 0 fully saturated rings. The zero-order chi connectivity index (χ0) is 20.1. The van der Waals surface area contributed by atoms with Gasteiger partial charge in [0.1, 0.15) is 12.4 Å². The molecule has 0 heterocycles. The number of nitrogens with zero attached hydrogens (tertiary/aromatic N) is 2. The van der Waals surface area contributed by atoms with Crippen LogP contribution in [-0.2, 0) is 0 Å². The topological polar surface area (TPSA) is 15.7 Å². The molecular formula is C24H44N2O. The van der Waals surface area contributed by atoms with Crippen molar-refractivity contribution in [1.82, 2.24) is 9.80 Å². The molecule has 1 aromatic rings. The van der Waals surface area contributed by atoms with E-state index < -0.39 is 0 Å². The molecule has 0 saturated carbocycles. The van der Waals surface area contributed by atoms with Gasteiger partial charge in [-0.15, -0.1) is 0 Å². The first kappa shape index (κ1) is 24.0. The van der Waals surface area contributed by atoms with Gasteiger partial charge in [-0.25, -0.2) is 0 Å². The van der Waals surface area contributed by atoms with Gasteiger partial charge in [0.2, 0.25) is 0 Å². The van der Waals surface area contributed by atoms with Crippen LogP contribution in [0.4, 0.5) is 0 Å². The molecule has 27 heavy (non-hydrogen) atoms. The lowest BCUT2D eigenvalue weighted by atomic mass is 9.80. The zero-order valence-electron chi connectivity index (χ0n) is 18.8. The summed E-state index contributed by atoms with van der Waals surface area (Å²) in [7, 11) is 0. The van der Waals surface area contributed by atoms with Crippen molar-refractivity contribution in [2.24, 2.45) is 5.92 Å². The lowest BCUT2D eigenvalue weighted by molar-refractivity contribution is 0.222. The van der Waals surface area contributed by atoms with Crippen molar-refractivity contribution >= 4 is 0 Å². The molecule has 0 aliphatic heterocycles. The van der Waals surface area contributed by atoms with E-state index in [-0.39, 0.29) is 0 Å². The minimum atomic E-state index is 0.648. The highest BCUT2D eigenvalue weighted by Crippen LogP contribution is 2.33. The van der Waals surface area contributed by atoms with Crippen molar-refractivity contribution in [2.75, 3.05) is 45.9 Å². The van der Waals surface area contributed by atoms with Gasteiger partial charge in [0.15, 0.2) is 0 Å². The Kier molecular flexibility index (Phi) is 12.4. The molecule has 1 aromatic carbocycles. The molecule has 3 heteroatoms. The third-order valence-electron chi connectivity index (χ3n) is 6.12. The van der Waals surface area contributed by atoms with Gasteiger partial charge in [-0.2, -0.15) is 0 Å². The minimum Gasteiger partial charge on any atom is -0.492 e. The van der Waals surface area contributed by atoms with Crippen LogP contribution < -0.4 is 4.74 Å². The molecule has 3 nitrogen and oxygen atoms in total. The predicted octanol–water partition coefficient (Wildman–Crippen LogP) is 5.66. The van der Waals surface area contributed by atoms with Gasteiger partial charge in [0.05, 0.1) is 0 Å². The first-order chi connectivity index (χ1) is 13.1. The summed E-state index contributed by atoms with van der Waals surface area (Å²) >= 11 is 0. The molecule has 0 radical (unpaired) electrons. The Balaban J connectivity index is 2.63. The molecule has 0 N–H and O–H groups in total. The van der Waals surface area contributed by atoms with Crippen molar-refractivity contribution in [3.05, 3.63) is 29.8 Å². The van der Waals surface area contributed by atoms with E-state index in [1.807, 2.05) is 0 Å². The number of rotatable bonds is 15. The average Bonchev–Trinajstić information content (AvgIpc) is 2.72. The largest absolute Gasteiger partial charge is 0.492 e. The van der Waals surface area contributed by atoms with E-state index >= 15 is 0 Å². The van der Waals surface area contributed by atoms with Gasteiger partial charge in [-0.05, 0) is 75.1 Å². The fourth-order valence-electron chi connectivity index (χ4n) is 4.06. The van der Waals surface area contributed by atoms with Crippen molar-refractivity contribution in [3.8, 4) is 5.75 Å². The molecular weight excluding hydrogens is 332 g/mol. The maximum absolute atomic E-state index is 5.96. The average molecular weight is 377 g/mol. The fourth-order valence-corrected chi connectivity index (χ4v) is 4.06. The number of likely N-dealkylation sites (N-methyl/N-ethyl adjacent to an activating group) is 1. The second kappa shape index (κ2) is 14.0. The summed E-state index contributed by atoms with van der Waals surface area (Å²) in [6.45, 7) is 21.1. The lowest BCUT2D eigenvalue weighted by Gasteiger charge is -2.28. The van der Waals surface area contributed by atoms with Crippen LogP contribution in [0.15, 0.2) is 24.3 Å². The lowest BCUT2D eigenvalue weighted by Crippen LogP contribution is -2.27. The molecule has 0 bridgehead atoms. The predicted molar refractivity (Wildman–Crippen MR) is 119 cm³/mol. The van der Waals surface area contributed by atoms with E-state index in [9.17, 15) is 0 Å². The third kappa shape index (κ3) is 8.23. The minimum absolute atomic E-state index is 0.648. The monoisotopic (exact) mass is 376 g/mol. The molecule has 0 spiro atoms. The zero-order valence-corrected chi connectivity index (χ0v) is 18.8. The van der Waals surface area contributed by atoms with Crippen molar-refractivity contribution in [2.45, 2.75) is 66.7 Å². The highest BCUT2D eigenvalue weighted by Gasteiger charge is 2.20. The second-order valence-corrected chi connectivity index (χ2v) is 7.44. The quantitative estimate of drug-likeness (QED) is 0.393. The molecule has 0 aliphatic carbocycles. The van der Waals surface area contributed by atoms with Crippen molar-refractivity contribution in [3.63, 3.8) is 0 Å². The number of hydrogen-bond donors (Lipinski definition) is 0. The van der Waals surface area contributed by atoms with Crippen LogP contribution in [0, 0.1) is 5.92 Å². The van der Waals surface area contributed by atoms with E-state index in [2.05, 4.69) is 75.6 Å². The molecule has 0 saturated heterocycles. The number of hydrogen-bond acceptors (Lipinski definition) is 3. The van der Waals surface area contributed by atoms with Crippen LogP contribution in [0.1, 0.15) is 72.3 Å². The molecule has 2 atom stereocenters. The molecule has 0 aromatic heterocycles. The number of ether oxygens (including phenoxy) is 1. The van der Waals surface area contributed by atoms with E-state index in [1.165, 1.54) is 31.4 Å².